The Bertz CT molecular complexity index is 1020. The Hall–Kier alpha value is -3.06. The maximum Gasteiger partial charge on any atom is 0.318 e. The van der Waals surface area contributed by atoms with Gasteiger partial charge in [0.05, 0.1) is 17.1 Å². The first-order valence-electron chi connectivity index (χ1n) is 10.9. The van der Waals surface area contributed by atoms with Crippen LogP contribution in [0.1, 0.15) is 35.7 Å². The second kappa shape index (κ2) is 9.61. The van der Waals surface area contributed by atoms with Gasteiger partial charge in [0.15, 0.2) is 0 Å². The summed E-state index contributed by atoms with van der Waals surface area (Å²) >= 11 is 6.29. The number of likely N-dealkylation sites (tertiary alicyclic amines) is 1. The van der Waals surface area contributed by atoms with Gasteiger partial charge in [0, 0.05) is 37.9 Å². The van der Waals surface area contributed by atoms with Crippen molar-refractivity contribution in [3.8, 4) is 0 Å². The van der Waals surface area contributed by atoms with Crippen LogP contribution in [0, 0.1) is 0 Å². The van der Waals surface area contributed by atoms with E-state index in [1.54, 1.807) is 39.0 Å². The molecule has 1 saturated heterocycles. The first-order valence-corrected chi connectivity index (χ1v) is 11.3. The van der Waals surface area contributed by atoms with E-state index < -0.39 is 0 Å². The van der Waals surface area contributed by atoms with Crippen molar-refractivity contribution >= 4 is 35.1 Å². The lowest BCUT2D eigenvalue weighted by Gasteiger charge is -2.29. The van der Waals surface area contributed by atoms with Gasteiger partial charge in [0.25, 0.3) is 5.91 Å². The Kier molecular flexibility index (Phi) is 6.65. The summed E-state index contributed by atoms with van der Waals surface area (Å²) in [7, 11) is 0. The standard InChI is InChI=1S/C24H27ClN4O3/c1-17-15-29(23(31)19-9-3-4-10-20(19)25)21-11-5-2-8-18(21)16-28(17)24(32)26-14-22(30)27-12-6-7-13-27/h2-5,8-11,17H,6-7,12-16H2,1H3,(H,26,32)/t17-/m1/s1. The number of fused-ring (bicyclic) bond motifs is 1. The number of nitrogens with zero attached hydrogens (tertiary/aromatic N) is 3. The van der Waals surface area contributed by atoms with Crippen molar-refractivity contribution in [2.75, 3.05) is 31.1 Å². The van der Waals surface area contributed by atoms with Gasteiger partial charge in [-0.05, 0) is 43.5 Å². The van der Waals surface area contributed by atoms with Gasteiger partial charge >= 0.3 is 6.03 Å². The lowest BCUT2D eigenvalue weighted by molar-refractivity contribution is -0.129. The summed E-state index contributed by atoms with van der Waals surface area (Å²) in [5.41, 5.74) is 2.04. The molecule has 2 aromatic rings. The molecule has 4 rings (SSSR count). The number of hydrogen-bond donors (Lipinski definition) is 1. The minimum Gasteiger partial charge on any atom is -0.341 e. The predicted molar refractivity (Wildman–Crippen MR) is 124 cm³/mol. The van der Waals surface area contributed by atoms with Crippen LogP contribution in [0.15, 0.2) is 48.5 Å². The second-order valence-electron chi connectivity index (χ2n) is 8.25. The van der Waals surface area contributed by atoms with E-state index in [1.807, 2.05) is 31.2 Å². The summed E-state index contributed by atoms with van der Waals surface area (Å²) in [4.78, 5) is 43.9. The predicted octanol–water partition coefficient (Wildman–Crippen LogP) is 3.52. The fourth-order valence-electron chi connectivity index (χ4n) is 4.28. The fourth-order valence-corrected chi connectivity index (χ4v) is 4.50. The minimum atomic E-state index is -0.313. The molecule has 0 radical (unpaired) electrons. The number of carbonyl (C=O) groups excluding carboxylic acids is 3. The minimum absolute atomic E-state index is 0.0219. The SMILES string of the molecule is C[C@@H]1CN(C(=O)c2ccccc2Cl)c2ccccc2CN1C(=O)NCC(=O)N1CCCC1. The van der Waals surface area contributed by atoms with Crippen LogP contribution < -0.4 is 10.2 Å². The monoisotopic (exact) mass is 454 g/mol. The van der Waals surface area contributed by atoms with Crippen molar-refractivity contribution in [1.82, 2.24) is 15.1 Å². The molecule has 8 heteroatoms. The quantitative estimate of drug-likeness (QED) is 0.771. The smallest absolute Gasteiger partial charge is 0.318 e. The van der Waals surface area contributed by atoms with E-state index in [-0.39, 0.29) is 30.4 Å². The molecule has 0 spiro atoms. The van der Waals surface area contributed by atoms with Gasteiger partial charge in [-0.3, -0.25) is 9.59 Å². The Balaban J connectivity index is 1.53. The molecular formula is C24H27ClN4O3. The Morgan fingerprint density at radius 1 is 1.03 bits per heavy atom. The average molecular weight is 455 g/mol. The van der Waals surface area contributed by atoms with Crippen LogP contribution in [0.2, 0.25) is 5.02 Å². The highest BCUT2D eigenvalue weighted by molar-refractivity contribution is 6.34. The molecule has 2 aliphatic heterocycles. The van der Waals surface area contributed by atoms with Gasteiger partial charge in [-0.2, -0.15) is 0 Å². The molecule has 2 aliphatic rings. The zero-order valence-corrected chi connectivity index (χ0v) is 18.8. The van der Waals surface area contributed by atoms with Gasteiger partial charge < -0.3 is 20.0 Å². The second-order valence-corrected chi connectivity index (χ2v) is 8.66. The van der Waals surface area contributed by atoms with E-state index in [1.165, 1.54) is 0 Å². The van der Waals surface area contributed by atoms with Crippen molar-refractivity contribution in [2.45, 2.75) is 32.4 Å². The Labute approximate surface area is 192 Å². The third-order valence-electron chi connectivity index (χ3n) is 6.06. The first-order chi connectivity index (χ1) is 15.5. The number of rotatable bonds is 3. The number of urea groups is 1. The van der Waals surface area contributed by atoms with Crippen LogP contribution >= 0.6 is 11.6 Å². The number of hydrogen-bond acceptors (Lipinski definition) is 3. The zero-order chi connectivity index (χ0) is 22.7. The maximum absolute atomic E-state index is 13.4. The molecule has 32 heavy (non-hydrogen) atoms. The normalized spacial score (nSPS) is 18.2. The lowest BCUT2D eigenvalue weighted by Crippen LogP contribution is -2.50. The van der Waals surface area contributed by atoms with Crippen molar-refractivity contribution < 1.29 is 14.4 Å². The summed E-state index contributed by atoms with van der Waals surface area (Å²) in [6.45, 7) is 4.04. The molecule has 1 atom stereocenters. The molecule has 2 aromatic carbocycles. The van der Waals surface area contributed by atoms with Gasteiger partial charge in [-0.15, -0.1) is 0 Å². The van der Waals surface area contributed by atoms with Crippen LogP contribution in [-0.4, -0.2) is 59.9 Å². The summed E-state index contributed by atoms with van der Waals surface area (Å²) in [6.07, 6.45) is 2.02. The number of nitrogens with one attached hydrogen (secondary N) is 1. The van der Waals surface area contributed by atoms with Crippen LogP contribution in [0.3, 0.4) is 0 Å². The van der Waals surface area contributed by atoms with Crippen molar-refractivity contribution in [3.63, 3.8) is 0 Å². The van der Waals surface area contributed by atoms with Crippen molar-refractivity contribution in [1.29, 1.82) is 0 Å². The number of benzene rings is 2. The fraction of sp³-hybridized carbons (Fsp3) is 0.375. The van der Waals surface area contributed by atoms with Crippen LogP contribution in [0.4, 0.5) is 10.5 Å². The number of halogens is 1. The van der Waals surface area contributed by atoms with Gasteiger partial charge in [-0.1, -0.05) is 41.9 Å². The molecule has 0 saturated carbocycles. The largest absolute Gasteiger partial charge is 0.341 e. The van der Waals surface area contributed by atoms with Crippen LogP contribution in [0.5, 0.6) is 0 Å². The van der Waals surface area contributed by atoms with Crippen LogP contribution in [0.25, 0.3) is 0 Å². The molecule has 0 aliphatic carbocycles. The van der Waals surface area contributed by atoms with Crippen molar-refractivity contribution in [2.24, 2.45) is 0 Å². The number of carbonyl (C=O) groups is 3. The first kappa shape index (κ1) is 22.1. The zero-order valence-electron chi connectivity index (χ0n) is 18.1. The number of para-hydroxylation sites is 1. The van der Waals surface area contributed by atoms with E-state index in [0.29, 0.717) is 23.7 Å². The highest BCUT2D eigenvalue weighted by Gasteiger charge is 2.32. The van der Waals surface area contributed by atoms with Crippen molar-refractivity contribution in [3.05, 3.63) is 64.7 Å². The highest BCUT2D eigenvalue weighted by atomic mass is 35.5. The maximum atomic E-state index is 13.4. The summed E-state index contributed by atoms with van der Waals surface area (Å²) in [5, 5.41) is 3.16. The molecule has 4 amide bonds. The average Bonchev–Trinajstić information content (AvgIpc) is 3.29. The van der Waals surface area contributed by atoms with E-state index in [4.69, 9.17) is 11.6 Å². The van der Waals surface area contributed by atoms with Crippen LogP contribution in [-0.2, 0) is 11.3 Å². The third kappa shape index (κ3) is 4.58. The van der Waals surface area contributed by atoms with Gasteiger partial charge in [0.1, 0.15) is 0 Å². The third-order valence-corrected chi connectivity index (χ3v) is 6.39. The molecule has 0 aromatic heterocycles. The topological polar surface area (TPSA) is 73.0 Å². The summed E-state index contributed by atoms with van der Waals surface area (Å²) in [5.74, 6) is -0.268. The summed E-state index contributed by atoms with van der Waals surface area (Å²) < 4.78 is 0. The molecule has 0 bridgehead atoms. The number of amides is 4. The Morgan fingerprint density at radius 2 is 1.72 bits per heavy atom. The summed E-state index contributed by atoms with van der Waals surface area (Å²) in [6, 6.07) is 13.9. The molecule has 1 fully saturated rings. The van der Waals surface area contributed by atoms with E-state index in [2.05, 4.69) is 5.32 Å². The molecule has 168 valence electrons. The highest BCUT2D eigenvalue weighted by Crippen LogP contribution is 2.30. The van der Waals surface area contributed by atoms with E-state index in [9.17, 15) is 14.4 Å². The lowest BCUT2D eigenvalue weighted by atomic mass is 10.1. The van der Waals surface area contributed by atoms with E-state index in [0.717, 1.165) is 37.2 Å². The van der Waals surface area contributed by atoms with Gasteiger partial charge in [-0.25, -0.2) is 4.79 Å². The Morgan fingerprint density at radius 3 is 2.47 bits per heavy atom. The molecule has 2 heterocycles. The molecular weight excluding hydrogens is 428 g/mol. The van der Waals surface area contributed by atoms with E-state index >= 15 is 0 Å². The molecule has 0 unspecified atom stereocenters. The number of anilines is 1. The molecule has 1 N–H and O–H groups in total. The van der Waals surface area contributed by atoms with Gasteiger partial charge in [0.2, 0.25) is 5.91 Å². The molecule has 7 nitrogen and oxygen atoms in total.